The molecule has 0 aliphatic heterocycles. The van der Waals surface area contributed by atoms with Crippen LogP contribution in [0.25, 0.3) is 0 Å². The third-order valence-electron chi connectivity index (χ3n) is 2.66. The van der Waals surface area contributed by atoms with Crippen molar-refractivity contribution < 1.29 is 9.66 Å². The molecule has 0 aromatic heterocycles. The number of ether oxygens (including phenoxy) is 1. The van der Waals surface area contributed by atoms with E-state index in [0.717, 1.165) is 11.3 Å². The van der Waals surface area contributed by atoms with Crippen LogP contribution < -0.4 is 5.32 Å². The minimum Gasteiger partial charge on any atom is -0.382 e. The van der Waals surface area contributed by atoms with Gasteiger partial charge in [0.25, 0.3) is 5.69 Å². The molecule has 1 rings (SSSR count). The average molecular weight is 252 g/mol. The van der Waals surface area contributed by atoms with Gasteiger partial charge in [-0.3, -0.25) is 10.1 Å². The predicted molar refractivity (Wildman–Crippen MR) is 72.0 cm³/mol. The number of nitrogens with zero attached hydrogens (tertiary/aromatic N) is 1. The molecule has 5 heteroatoms. The van der Waals surface area contributed by atoms with Crippen LogP contribution in [0.2, 0.25) is 0 Å². The smallest absolute Gasteiger partial charge is 0.269 e. The van der Waals surface area contributed by atoms with E-state index in [4.69, 9.17) is 4.74 Å². The highest BCUT2D eigenvalue weighted by molar-refractivity contribution is 5.55. The molecule has 0 amide bonds. The molecule has 0 unspecified atom stereocenters. The van der Waals surface area contributed by atoms with Crippen LogP contribution in [0.1, 0.15) is 26.3 Å². The normalized spacial score (nSPS) is 11.3. The Labute approximate surface area is 107 Å². The van der Waals surface area contributed by atoms with Gasteiger partial charge in [-0.1, -0.05) is 0 Å². The molecule has 1 aromatic carbocycles. The van der Waals surface area contributed by atoms with Gasteiger partial charge < -0.3 is 10.1 Å². The first-order valence-electron chi connectivity index (χ1n) is 5.98. The van der Waals surface area contributed by atoms with Crippen molar-refractivity contribution in [2.75, 3.05) is 18.5 Å². The summed E-state index contributed by atoms with van der Waals surface area (Å²) in [7, 11) is 0. The number of hydrogen-bond donors (Lipinski definition) is 1. The summed E-state index contributed by atoms with van der Waals surface area (Å²) >= 11 is 0. The van der Waals surface area contributed by atoms with Crippen LogP contribution in [0.15, 0.2) is 18.2 Å². The Hall–Kier alpha value is -1.62. The summed E-state index contributed by atoms with van der Waals surface area (Å²) in [5.74, 6) is 0. The van der Waals surface area contributed by atoms with Crippen molar-refractivity contribution >= 4 is 11.4 Å². The lowest BCUT2D eigenvalue weighted by Crippen LogP contribution is -2.33. The summed E-state index contributed by atoms with van der Waals surface area (Å²) in [5, 5.41) is 13.9. The van der Waals surface area contributed by atoms with Crippen molar-refractivity contribution in [1.29, 1.82) is 0 Å². The van der Waals surface area contributed by atoms with Gasteiger partial charge in [0, 0.05) is 31.0 Å². The molecule has 0 atom stereocenters. The fraction of sp³-hybridized carbons (Fsp3) is 0.538. The zero-order valence-corrected chi connectivity index (χ0v) is 11.3. The topological polar surface area (TPSA) is 64.4 Å². The van der Waals surface area contributed by atoms with E-state index in [1.165, 1.54) is 6.07 Å². The lowest BCUT2D eigenvalue weighted by atomic mass is 10.1. The number of nitrogens with one attached hydrogen (secondary N) is 1. The SMILES string of the molecule is CCOC(C)(C)CNc1ccc([N+](=O)[O-])cc1C. The van der Waals surface area contributed by atoms with Crippen molar-refractivity contribution in [1.82, 2.24) is 0 Å². The molecular weight excluding hydrogens is 232 g/mol. The van der Waals surface area contributed by atoms with E-state index in [0.29, 0.717) is 13.2 Å². The van der Waals surface area contributed by atoms with Gasteiger partial charge >= 0.3 is 0 Å². The molecule has 0 fully saturated rings. The molecular formula is C13H20N2O3. The molecule has 0 spiro atoms. The summed E-state index contributed by atoms with van der Waals surface area (Å²) in [6, 6.07) is 4.80. The van der Waals surface area contributed by atoms with E-state index < -0.39 is 0 Å². The first kappa shape index (κ1) is 14.4. The number of benzene rings is 1. The molecule has 5 nitrogen and oxygen atoms in total. The van der Waals surface area contributed by atoms with Gasteiger partial charge in [0.2, 0.25) is 0 Å². The molecule has 0 heterocycles. The standard InChI is InChI=1S/C13H20N2O3/c1-5-18-13(3,4)9-14-12-7-6-11(15(16)17)8-10(12)2/h6-8,14H,5,9H2,1-4H3. The largest absolute Gasteiger partial charge is 0.382 e. The number of nitro groups is 1. The lowest BCUT2D eigenvalue weighted by molar-refractivity contribution is -0.384. The maximum absolute atomic E-state index is 10.6. The Morgan fingerprint density at radius 3 is 2.61 bits per heavy atom. The highest BCUT2D eigenvalue weighted by Gasteiger charge is 2.17. The number of non-ortho nitro benzene ring substituents is 1. The Morgan fingerprint density at radius 1 is 1.44 bits per heavy atom. The van der Waals surface area contributed by atoms with E-state index in [-0.39, 0.29) is 16.2 Å². The average Bonchev–Trinajstić information content (AvgIpc) is 2.27. The van der Waals surface area contributed by atoms with E-state index in [2.05, 4.69) is 5.32 Å². The number of anilines is 1. The Kier molecular flexibility index (Phi) is 4.67. The highest BCUT2D eigenvalue weighted by atomic mass is 16.6. The second kappa shape index (κ2) is 5.82. The molecule has 0 radical (unpaired) electrons. The van der Waals surface area contributed by atoms with Crippen LogP contribution in [-0.4, -0.2) is 23.7 Å². The minimum absolute atomic E-state index is 0.113. The molecule has 0 saturated heterocycles. The summed E-state index contributed by atoms with van der Waals surface area (Å²) in [5.41, 5.74) is 1.61. The van der Waals surface area contributed by atoms with Crippen LogP contribution in [0, 0.1) is 17.0 Å². The summed E-state index contributed by atoms with van der Waals surface area (Å²) < 4.78 is 5.58. The van der Waals surface area contributed by atoms with Crippen molar-refractivity contribution in [3.05, 3.63) is 33.9 Å². The first-order valence-corrected chi connectivity index (χ1v) is 5.98. The van der Waals surface area contributed by atoms with Crippen LogP contribution in [0.4, 0.5) is 11.4 Å². The predicted octanol–water partition coefficient (Wildman–Crippen LogP) is 3.13. The number of nitro benzene ring substituents is 1. The molecule has 1 N–H and O–H groups in total. The van der Waals surface area contributed by atoms with Gasteiger partial charge in [0.05, 0.1) is 10.5 Å². The molecule has 1 aromatic rings. The fourth-order valence-electron chi connectivity index (χ4n) is 1.71. The van der Waals surface area contributed by atoms with Gasteiger partial charge in [0.1, 0.15) is 0 Å². The van der Waals surface area contributed by atoms with Gasteiger partial charge in [0.15, 0.2) is 0 Å². The maximum atomic E-state index is 10.6. The molecule has 0 bridgehead atoms. The molecule has 0 saturated carbocycles. The van der Waals surface area contributed by atoms with Gasteiger partial charge in [-0.15, -0.1) is 0 Å². The first-order chi connectivity index (χ1) is 8.35. The molecule has 0 aliphatic carbocycles. The van der Waals surface area contributed by atoms with Crippen molar-refractivity contribution in [3.63, 3.8) is 0 Å². The second-order valence-corrected chi connectivity index (χ2v) is 4.80. The van der Waals surface area contributed by atoms with Crippen LogP contribution in [-0.2, 0) is 4.74 Å². The molecule has 0 aliphatic rings. The van der Waals surface area contributed by atoms with Crippen LogP contribution in [0.5, 0.6) is 0 Å². The molecule has 18 heavy (non-hydrogen) atoms. The number of hydrogen-bond acceptors (Lipinski definition) is 4. The Morgan fingerprint density at radius 2 is 2.11 bits per heavy atom. The van der Waals surface area contributed by atoms with Crippen molar-refractivity contribution in [2.24, 2.45) is 0 Å². The zero-order chi connectivity index (χ0) is 13.8. The Bertz CT molecular complexity index is 430. The maximum Gasteiger partial charge on any atom is 0.269 e. The van der Waals surface area contributed by atoms with E-state index in [1.807, 2.05) is 27.7 Å². The summed E-state index contributed by atoms with van der Waals surface area (Å²) in [6.07, 6.45) is 0. The quantitative estimate of drug-likeness (QED) is 0.624. The van der Waals surface area contributed by atoms with Crippen molar-refractivity contribution in [2.45, 2.75) is 33.3 Å². The van der Waals surface area contributed by atoms with Gasteiger partial charge in [-0.05, 0) is 39.3 Å². The summed E-state index contributed by atoms with van der Waals surface area (Å²) in [4.78, 5) is 10.2. The molecule has 100 valence electrons. The van der Waals surface area contributed by atoms with E-state index in [1.54, 1.807) is 12.1 Å². The Balaban J connectivity index is 2.71. The third kappa shape index (κ3) is 4.00. The van der Waals surface area contributed by atoms with Crippen molar-refractivity contribution in [3.8, 4) is 0 Å². The zero-order valence-electron chi connectivity index (χ0n) is 11.3. The van der Waals surface area contributed by atoms with Crippen LogP contribution in [0.3, 0.4) is 0 Å². The highest BCUT2D eigenvalue weighted by Crippen LogP contribution is 2.22. The number of aryl methyl sites for hydroxylation is 1. The summed E-state index contributed by atoms with van der Waals surface area (Å²) in [6.45, 7) is 9.13. The van der Waals surface area contributed by atoms with Gasteiger partial charge in [-0.2, -0.15) is 0 Å². The lowest BCUT2D eigenvalue weighted by Gasteiger charge is -2.25. The van der Waals surface area contributed by atoms with E-state index in [9.17, 15) is 10.1 Å². The number of rotatable bonds is 6. The minimum atomic E-state index is -0.388. The van der Waals surface area contributed by atoms with Gasteiger partial charge in [-0.25, -0.2) is 0 Å². The third-order valence-corrected chi connectivity index (χ3v) is 2.66. The van der Waals surface area contributed by atoms with E-state index >= 15 is 0 Å². The monoisotopic (exact) mass is 252 g/mol. The second-order valence-electron chi connectivity index (χ2n) is 4.80. The fourth-order valence-corrected chi connectivity index (χ4v) is 1.71. The van der Waals surface area contributed by atoms with Crippen LogP contribution >= 0.6 is 0 Å².